The Kier molecular flexibility index (Phi) is 4.44. The summed E-state index contributed by atoms with van der Waals surface area (Å²) >= 11 is 0. The molecule has 1 atom stereocenters. The molecule has 22 heavy (non-hydrogen) atoms. The van der Waals surface area contributed by atoms with Crippen LogP contribution in [0.3, 0.4) is 0 Å². The fourth-order valence-corrected chi connectivity index (χ4v) is 1.85. The van der Waals surface area contributed by atoms with Gasteiger partial charge < -0.3 is 5.32 Å². The second kappa shape index (κ2) is 6.13. The highest BCUT2D eigenvalue weighted by Gasteiger charge is 2.30. The molecule has 0 fully saturated rings. The summed E-state index contributed by atoms with van der Waals surface area (Å²) in [5.41, 5.74) is 0.399. The highest BCUT2D eigenvalue weighted by molar-refractivity contribution is 5.92. The summed E-state index contributed by atoms with van der Waals surface area (Å²) in [6, 6.07) is 4.26. The van der Waals surface area contributed by atoms with Gasteiger partial charge >= 0.3 is 6.18 Å². The van der Waals surface area contributed by atoms with Crippen molar-refractivity contribution in [3.05, 3.63) is 59.2 Å². The number of carbonyl (C=O) groups is 1. The number of alkyl halides is 3. The predicted octanol–water partition coefficient (Wildman–Crippen LogP) is 3.29. The van der Waals surface area contributed by atoms with Crippen molar-refractivity contribution in [3.63, 3.8) is 0 Å². The molecule has 0 aliphatic carbocycles. The van der Waals surface area contributed by atoms with Gasteiger partial charge in [0.15, 0.2) is 0 Å². The molecule has 116 valence electrons. The number of aryl methyl sites for hydroxylation is 1. The smallest absolute Gasteiger partial charge is 0.344 e. The Morgan fingerprint density at radius 1 is 1.23 bits per heavy atom. The van der Waals surface area contributed by atoms with E-state index in [9.17, 15) is 18.0 Å². The van der Waals surface area contributed by atoms with Crippen molar-refractivity contribution in [1.82, 2.24) is 15.3 Å². The van der Waals surface area contributed by atoms with Gasteiger partial charge in [0.05, 0.1) is 23.5 Å². The number of aromatic nitrogens is 2. The molecule has 0 saturated heterocycles. The molecule has 2 rings (SSSR count). The maximum Gasteiger partial charge on any atom is 0.416 e. The first-order chi connectivity index (χ1) is 10.3. The lowest BCUT2D eigenvalue weighted by molar-refractivity contribution is -0.137. The average Bonchev–Trinajstić information content (AvgIpc) is 2.47. The normalized spacial score (nSPS) is 12.8. The van der Waals surface area contributed by atoms with Crippen LogP contribution in [-0.4, -0.2) is 15.9 Å². The van der Waals surface area contributed by atoms with Crippen molar-refractivity contribution in [1.29, 1.82) is 0 Å². The lowest BCUT2D eigenvalue weighted by Gasteiger charge is -2.16. The minimum atomic E-state index is -4.41. The van der Waals surface area contributed by atoms with Crippen molar-refractivity contribution >= 4 is 5.91 Å². The molecule has 0 aliphatic heterocycles. The molecule has 1 aromatic carbocycles. The third-order valence-electron chi connectivity index (χ3n) is 3.08. The Labute approximate surface area is 125 Å². The number of benzene rings is 1. The fraction of sp³-hybridized carbons (Fsp3) is 0.267. The number of nitrogens with one attached hydrogen (secondary N) is 1. The molecule has 0 aliphatic rings. The molecule has 2 aromatic rings. The second-order valence-corrected chi connectivity index (χ2v) is 4.86. The first-order valence-corrected chi connectivity index (χ1v) is 6.54. The van der Waals surface area contributed by atoms with E-state index in [1.165, 1.54) is 24.5 Å². The molecule has 4 nitrogen and oxygen atoms in total. The van der Waals surface area contributed by atoms with Gasteiger partial charge in [0.25, 0.3) is 5.91 Å². The third-order valence-corrected chi connectivity index (χ3v) is 3.08. The molecule has 1 aromatic heterocycles. The number of hydrogen-bond acceptors (Lipinski definition) is 3. The van der Waals surface area contributed by atoms with E-state index in [1.807, 2.05) is 0 Å². The maximum absolute atomic E-state index is 12.7. The Hall–Kier alpha value is -2.44. The van der Waals surface area contributed by atoms with Crippen LogP contribution in [-0.2, 0) is 6.18 Å². The van der Waals surface area contributed by atoms with Gasteiger partial charge in [0.1, 0.15) is 5.69 Å². The summed E-state index contributed by atoms with van der Waals surface area (Å²) in [5, 5.41) is 2.60. The number of amides is 1. The van der Waals surface area contributed by atoms with Crippen molar-refractivity contribution in [2.45, 2.75) is 26.1 Å². The quantitative estimate of drug-likeness (QED) is 0.946. The SMILES string of the molecule is Cc1cnc(C(=O)NC(C)c2cccc(C(F)(F)F)c2)cn1. The van der Waals surface area contributed by atoms with Gasteiger partial charge in [-0.3, -0.25) is 9.78 Å². The summed E-state index contributed by atoms with van der Waals surface area (Å²) in [6.45, 7) is 3.34. The molecule has 0 saturated carbocycles. The standard InChI is InChI=1S/C15H14F3N3O/c1-9-7-20-13(8-19-9)14(22)21-10(2)11-4-3-5-12(6-11)15(16,17)18/h3-8,10H,1-2H3,(H,21,22). The summed E-state index contributed by atoms with van der Waals surface area (Å²) in [4.78, 5) is 19.9. The minimum absolute atomic E-state index is 0.115. The Morgan fingerprint density at radius 3 is 2.55 bits per heavy atom. The zero-order chi connectivity index (χ0) is 16.3. The monoisotopic (exact) mass is 309 g/mol. The number of rotatable bonds is 3. The van der Waals surface area contributed by atoms with E-state index in [2.05, 4.69) is 15.3 Å². The van der Waals surface area contributed by atoms with E-state index in [1.54, 1.807) is 13.8 Å². The van der Waals surface area contributed by atoms with Crippen LogP contribution in [0.25, 0.3) is 0 Å². The van der Waals surface area contributed by atoms with Gasteiger partial charge in [-0.2, -0.15) is 13.2 Å². The van der Waals surface area contributed by atoms with Crippen LogP contribution >= 0.6 is 0 Å². The third kappa shape index (κ3) is 3.81. The molecule has 1 amide bonds. The first kappa shape index (κ1) is 15.9. The molecule has 7 heteroatoms. The van der Waals surface area contributed by atoms with E-state index >= 15 is 0 Å². The number of nitrogens with zero attached hydrogens (tertiary/aromatic N) is 2. The summed E-state index contributed by atoms with van der Waals surface area (Å²) in [5.74, 6) is -0.489. The lowest BCUT2D eigenvalue weighted by Crippen LogP contribution is -2.27. The summed E-state index contributed by atoms with van der Waals surface area (Å²) < 4.78 is 38.1. The van der Waals surface area contributed by atoms with Crippen LogP contribution in [0.2, 0.25) is 0 Å². The van der Waals surface area contributed by atoms with Gasteiger partial charge in [-0.25, -0.2) is 4.98 Å². The fourth-order valence-electron chi connectivity index (χ4n) is 1.85. The predicted molar refractivity (Wildman–Crippen MR) is 74.1 cm³/mol. The minimum Gasteiger partial charge on any atom is -0.344 e. The summed E-state index contributed by atoms with van der Waals surface area (Å²) in [6.07, 6.45) is -1.64. The number of carbonyl (C=O) groups excluding carboxylic acids is 1. The molecular weight excluding hydrogens is 295 g/mol. The van der Waals surface area contributed by atoms with Gasteiger partial charge in [-0.15, -0.1) is 0 Å². The van der Waals surface area contributed by atoms with Gasteiger partial charge in [-0.05, 0) is 31.5 Å². The highest BCUT2D eigenvalue weighted by Crippen LogP contribution is 2.30. The topological polar surface area (TPSA) is 54.9 Å². The average molecular weight is 309 g/mol. The van der Waals surface area contributed by atoms with Crippen molar-refractivity contribution in [2.24, 2.45) is 0 Å². The molecular formula is C15H14F3N3O. The zero-order valence-corrected chi connectivity index (χ0v) is 12.0. The van der Waals surface area contributed by atoms with Gasteiger partial charge in [0.2, 0.25) is 0 Å². The highest BCUT2D eigenvalue weighted by atomic mass is 19.4. The van der Waals surface area contributed by atoms with E-state index < -0.39 is 23.7 Å². The van der Waals surface area contributed by atoms with Crippen LogP contribution in [0.5, 0.6) is 0 Å². The Balaban J connectivity index is 2.13. The molecule has 1 heterocycles. The molecule has 0 bridgehead atoms. The van der Waals surface area contributed by atoms with Crippen LogP contribution in [0.4, 0.5) is 13.2 Å². The molecule has 0 radical (unpaired) electrons. The van der Waals surface area contributed by atoms with Crippen LogP contribution in [0.15, 0.2) is 36.7 Å². The van der Waals surface area contributed by atoms with Crippen molar-refractivity contribution < 1.29 is 18.0 Å². The number of hydrogen-bond donors (Lipinski definition) is 1. The first-order valence-electron chi connectivity index (χ1n) is 6.54. The zero-order valence-electron chi connectivity index (χ0n) is 12.0. The molecule has 0 spiro atoms. The van der Waals surface area contributed by atoms with Crippen molar-refractivity contribution in [3.8, 4) is 0 Å². The van der Waals surface area contributed by atoms with E-state index in [-0.39, 0.29) is 5.69 Å². The Morgan fingerprint density at radius 2 is 1.95 bits per heavy atom. The lowest BCUT2D eigenvalue weighted by atomic mass is 10.0. The largest absolute Gasteiger partial charge is 0.416 e. The second-order valence-electron chi connectivity index (χ2n) is 4.86. The van der Waals surface area contributed by atoms with Crippen molar-refractivity contribution in [2.75, 3.05) is 0 Å². The van der Waals surface area contributed by atoms with E-state index in [0.29, 0.717) is 11.3 Å². The maximum atomic E-state index is 12.7. The van der Waals surface area contributed by atoms with Crippen LogP contribution < -0.4 is 5.32 Å². The van der Waals surface area contributed by atoms with Gasteiger partial charge in [0, 0.05) is 6.20 Å². The summed E-state index contributed by atoms with van der Waals surface area (Å²) in [7, 11) is 0. The molecule has 1 N–H and O–H groups in total. The number of halogens is 3. The Bertz CT molecular complexity index is 668. The van der Waals surface area contributed by atoms with Crippen LogP contribution in [0.1, 0.15) is 40.3 Å². The molecule has 1 unspecified atom stereocenters. The van der Waals surface area contributed by atoms with E-state index in [0.717, 1.165) is 12.1 Å². The van der Waals surface area contributed by atoms with Gasteiger partial charge in [-0.1, -0.05) is 12.1 Å². The van der Waals surface area contributed by atoms with E-state index in [4.69, 9.17) is 0 Å². The van der Waals surface area contributed by atoms with Crippen LogP contribution in [0, 0.1) is 6.92 Å².